The molecule has 1 saturated heterocycles. The molecule has 2 atom stereocenters. The van der Waals surface area contributed by atoms with E-state index in [0.29, 0.717) is 24.1 Å². The summed E-state index contributed by atoms with van der Waals surface area (Å²) >= 11 is 1.48. The van der Waals surface area contributed by atoms with Gasteiger partial charge in [-0.25, -0.2) is 9.59 Å². The van der Waals surface area contributed by atoms with E-state index < -0.39 is 12.0 Å². The van der Waals surface area contributed by atoms with Crippen molar-refractivity contribution in [2.45, 2.75) is 25.3 Å². The maximum atomic E-state index is 11.9. The molecule has 6 heteroatoms. The van der Waals surface area contributed by atoms with Crippen molar-refractivity contribution in [1.29, 1.82) is 0 Å². The summed E-state index contributed by atoms with van der Waals surface area (Å²) in [6.07, 6.45) is 7.46. The maximum absolute atomic E-state index is 11.9. The van der Waals surface area contributed by atoms with Gasteiger partial charge in [-0.2, -0.15) is 0 Å². The molecule has 2 rings (SSSR count). The molecule has 0 spiro atoms. The highest BCUT2D eigenvalue weighted by atomic mass is 32.2. The molecule has 1 unspecified atom stereocenters. The van der Waals surface area contributed by atoms with Crippen LogP contribution in [0.1, 0.15) is 19.3 Å². The van der Waals surface area contributed by atoms with Crippen LogP contribution in [0.25, 0.3) is 0 Å². The first-order valence-electron chi connectivity index (χ1n) is 6.18. The number of nitrogens with zero attached hydrogens (tertiary/aromatic N) is 1. The summed E-state index contributed by atoms with van der Waals surface area (Å²) < 4.78 is 0. The average Bonchev–Trinajstić information content (AvgIpc) is 2.86. The second kappa shape index (κ2) is 6.13. The van der Waals surface area contributed by atoms with Crippen molar-refractivity contribution >= 4 is 23.8 Å². The molecule has 0 radical (unpaired) electrons. The summed E-state index contributed by atoms with van der Waals surface area (Å²) in [7, 11) is 0. The van der Waals surface area contributed by atoms with E-state index in [4.69, 9.17) is 5.11 Å². The Morgan fingerprint density at radius 2 is 2.28 bits per heavy atom. The SMILES string of the molecule is O=C(O)[C@@H]1CSCN1C(=O)NCC1CC=CCC1. The van der Waals surface area contributed by atoms with Gasteiger partial charge in [-0.3, -0.25) is 0 Å². The summed E-state index contributed by atoms with van der Waals surface area (Å²) in [6.45, 7) is 0.636. The van der Waals surface area contributed by atoms with E-state index in [1.54, 1.807) is 0 Å². The molecule has 1 aliphatic carbocycles. The van der Waals surface area contributed by atoms with E-state index in [2.05, 4.69) is 17.5 Å². The van der Waals surface area contributed by atoms with E-state index in [1.165, 1.54) is 16.7 Å². The molecule has 2 aliphatic rings. The van der Waals surface area contributed by atoms with Gasteiger partial charge in [0.05, 0.1) is 5.88 Å². The number of hydrogen-bond acceptors (Lipinski definition) is 3. The largest absolute Gasteiger partial charge is 0.480 e. The quantitative estimate of drug-likeness (QED) is 0.763. The standard InChI is InChI=1S/C12H18N2O3S/c15-11(16)10-7-18-8-14(10)12(17)13-6-9-4-2-1-3-5-9/h1-2,9-10H,3-8H2,(H,13,17)(H,15,16)/t9?,10-/m0/s1. The Hall–Kier alpha value is -1.17. The van der Waals surface area contributed by atoms with Gasteiger partial charge in [0.15, 0.2) is 0 Å². The van der Waals surface area contributed by atoms with Gasteiger partial charge >= 0.3 is 12.0 Å². The van der Waals surface area contributed by atoms with Gasteiger partial charge in [-0.05, 0) is 25.2 Å². The lowest BCUT2D eigenvalue weighted by Gasteiger charge is -2.23. The first-order chi connectivity index (χ1) is 8.68. The summed E-state index contributed by atoms with van der Waals surface area (Å²) in [5, 5.41) is 11.9. The molecule has 2 amide bonds. The molecule has 18 heavy (non-hydrogen) atoms. The Morgan fingerprint density at radius 1 is 1.44 bits per heavy atom. The number of carboxylic acid groups (broad SMARTS) is 1. The van der Waals surface area contributed by atoms with Crippen LogP contribution >= 0.6 is 11.8 Å². The number of hydrogen-bond donors (Lipinski definition) is 2. The molecule has 0 saturated carbocycles. The molecule has 1 heterocycles. The summed E-state index contributed by atoms with van der Waals surface area (Å²) in [6, 6.07) is -0.928. The van der Waals surface area contributed by atoms with Crippen molar-refractivity contribution < 1.29 is 14.7 Å². The highest BCUT2D eigenvalue weighted by molar-refractivity contribution is 7.99. The molecule has 0 aromatic rings. The number of urea groups is 1. The predicted octanol–water partition coefficient (Wildman–Crippen LogP) is 1.51. The van der Waals surface area contributed by atoms with E-state index in [1.807, 2.05) is 0 Å². The lowest BCUT2D eigenvalue weighted by atomic mass is 9.94. The fraction of sp³-hybridized carbons (Fsp3) is 0.667. The van der Waals surface area contributed by atoms with Crippen LogP contribution in [0.2, 0.25) is 0 Å². The highest BCUT2D eigenvalue weighted by Crippen LogP contribution is 2.21. The zero-order valence-electron chi connectivity index (χ0n) is 10.2. The van der Waals surface area contributed by atoms with Gasteiger partial charge in [-0.15, -0.1) is 11.8 Å². The average molecular weight is 270 g/mol. The molecule has 0 bridgehead atoms. The van der Waals surface area contributed by atoms with Crippen molar-refractivity contribution in [3.05, 3.63) is 12.2 Å². The zero-order chi connectivity index (χ0) is 13.0. The molecule has 100 valence electrons. The number of aliphatic carboxylic acids is 1. The van der Waals surface area contributed by atoms with Crippen LogP contribution in [0, 0.1) is 5.92 Å². The van der Waals surface area contributed by atoms with Crippen molar-refractivity contribution in [1.82, 2.24) is 10.2 Å². The van der Waals surface area contributed by atoms with Crippen molar-refractivity contribution in [2.24, 2.45) is 5.92 Å². The number of thioether (sulfide) groups is 1. The van der Waals surface area contributed by atoms with Crippen LogP contribution in [-0.2, 0) is 4.79 Å². The Labute approximate surface area is 111 Å². The number of carbonyl (C=O) groups is 2. The van der Waals surface area contributed by atoms with E-state index >= 15 is 0 Å². The maximum Gasteiger partial charge on any atom is 0.327 e. The van der Waals surface area contributed by atoms with E-state index in [-0.39, 0.29) is 6.03 Å². The molecule has 2 N–H and O–H groups in total. The van der Waals surface area contributed by atoms with E-state index in [9.17, 15) is 9.59 Å². The van der Waals surface area contributed by atoms with Gasteiger partial charge in [0, 0.05) is 12.3 Å². The summed E-state index contributed by atoms with van der Waals surface area (Å²) in [4.78, 5) is 24.3. The normalized spacial score (nSPS) is 27.2. The molecule has 0 aromatic carbocycles. The highest BCUT2D eigenvalue weighted by Gasteiger charge is 2.34. The van der Waals surface area contributed by atoms with Crippen LogP contribution in [-0.4, -0.2) is 46.2 Å². The zero-order valence-corrected chi connectivity index (χ0v) is 11.0. The molecule has 1 aliphatic heterocycles. The fourth-order valence-corrected chi connectivity index (χ4v) is 3.37. The Morgan fingerprint density at radius 3 is 2.94 bits per heavy atom. The number of carbonyl (C=O) groups excluding carboxylic acids is 1. The summed E-state index contributed by atoms with van der Waals surface area (Å²) in [5.74, 6) is 0.510. The first kappa shape index (κ1) is 13.3. The number of nitrogens with one attached hydrogen (secondary N) is 1. The van der Waals surface area contributed by atoms with Gasteiger partial charge in [-0.1, -0.05) is 12.2 Å². The minimum atomic E-state index is -0.921. The topological polar surface area (TPSA) is 69.6 Å². The molecule has 0 aromatic heterocycles. The van der Waals surface area contributed by atoms with Gasteiger partial charge in [0.25, 0.3) is 0 Å². The fourth-order valence-electron chi connectivity index (χ4n) is 2.22. The molecular formula is C12H18N2O3S. The first-order valence-corrected chi connectivity index (χ1v) is 7.34. The van der Waals surface area contributed by atoms with E-state index in [0.717, 1.165) is 19.3 Å². The lowest BCUT2D eigenvalue weighted by Crippen LogP contribution is -2.47. The minimum Gasteiger partial charge on any atom is -0.480 e. The minimum absolute atomic E-state index is 0.248. The third kappa shape index (κ3) is 3.19. The smallest absolute Gasteiger partial charge is 0.327 e. The van der Waals surface area contributed by atoms with Gasteiger partial charge in [0.2, 0.25) is 0 Å². The lowest BCUT2D eigenvalue weighted by molar-refractivity contribution is -0.140. The van der Waals surface area contributed by atoms with Crippen LogP contribution in [0.5, 0.6) is 0 Å². The van der Waals surface area contributed by atoms with Crippen LogP contribution < -0.4 is 5.32 Å². The Bertz CT molecular complexity index is 359. The predicted molar refractivity (Wildman–Crippen MR) is 70.5 cm³/mol. The Kier molecular flexibility index (Phi) is 4.52. The van der Waals surface area contributed by atoms with Gasteiger partial charge < -0.3 is 15.3 Å². The molecule has 5 nitrogen and oxygen atoms in total. The monoisotopic (exact) mass is 270 g/mol. The number of rotatable bonds is 3. The number of carboxylic acids is 1. The van der Waals surface area contributed by atoms with Crippen LogP contribution in [0.3, 0.4) is 0 Å². The van der Waals surface area contributed by atoms with Crippen molar-refractivity contribution in [3.63, 3.8) is 0 Å². The van der Waals surface area contributed by atoms with Crippen LogP contribution in [0.4, 0.5) is 4.79 Å². The van der Waals surface area contributed by atoms with Crippen LogP contribution in [0.15, 0.2) is 12.2 Å². The van der Waals surface area contributed by atoms with Crippen molar-refractivity contribution in [3.8, 4) is 0 Å². The molecular weight excluding hydrogens is 252 g/mol. The second-order valence-corrected chi connectivity index (χ2v) is 5.66. The third-order valence-corrected chi connectivity index (χ3v) is 4.36. The summed E-state index contributed by atoms with van der Waals surface area (Å²) in [5.41, 5.74) is 0. The number of allylic oxidation sites excluding steroid dienone is 2. The third-order valence-electron chi connectivity index (χ3n) is 3.35. The number of amides is 2. The van der Waals surface area contributed by atoms with Gasteiger partial charge in [0.1, 0.15) is 6.04 Å². The van der Waals surface area contributed by atoms with Crippen molar-refractivity contribution in [2.75, 3.05) is 18.2 Å². The molecule has 1 fully saturated rings. The Balaban J connectivity index is 1.80. The second-order valence-electron chi connectivity index (χ2n) is 4.66.